The number of carbonyl (C=O) groups is 1. The summed E-state index contributed by atoms with van der Waals surface area (Å²) in [6.07, 6.45) is 5.63. The molecule has 1 saturated carbocycles. The highest BCUT2D eigenvalue weighted by Gasteiger charge is 2.23. The molecule has 0 atom stereocenters. The van der Waals surface area contributed by atoms with Crippen LogP contribution in [0.15, 0.2) is 12.1 Å². The van der Waals surface area contributed by atoms with E-state index in [1.165, 1.54) is 25.7 Å². The zero-order valence-electron chi connectivity index (χ0n) is 11.6. The number of amides is 1. The Morgan fingerprint density at radius 1 is 1.43 bits per heavy atom. The molecule has 1 fully saturated rings. The summed E-state index contributed by atoms with van der Waals surface area (Å²) in [6, 6.07) is 1.69. The van der Waals surface area contributed by atoms with Crippen LogP contribution < -0.4 is 11.1 Å². The molecule has 0 heterocycles. The Balaban J connectivity index is 2.03. The first-order chi connectivity index (χ1) is 9.99. The first-order valence-electron chi connectivity index (χ1n) is 7.00. The number of carbonyl (C=O) groups excluding carboxylic acids is 1. The van der Waals surface area contributed by atoms with Crippen LogP contribution in [0.3, 0.4) is 0 Å². The molecule has 0 aromatic heterocycles. The monoisotopic (exact) mass is 295 g/mol. The van der Waals surface area contributed by atoms with Crippen LogP contribution in [-0.2, 0) is 0 Å². The first kappa shape index (κ1) is 15.2. The number of rotatable bonds is 5. The Labute approximate surface area is 121 Å². The number of nitrogens with zero attached hydrogens (tertiary/aromatic N) is 1. The highest BCUT2D eigenvalue weighted by atomic mass is 19.1. The van der Waals surface area contributed by atoms with Gasteiger partial charge in [-0.05, 0) is 18.4 Å². The van der Waals surface area contributed by atoms with Gasteiger partial charge in [0, 0.05) is 6.54 Å². The van der Waals surface area contributed by atoms with Crippen LogP contribution in [0.2, 0.25) is 0 Å². The number of hydrogen-bond donors (Lipinski definition) is 2. The second-order valence-electron chi connectivity index (χ2n) is 5.34. The summed E-state index contributed by atoms with van der Waals surface area (Å²) < 4.78 is 13.3. The van der Waals surface area contributed by atoms with E-state index in [1.807, 2.05) is 0 Å². The Kier molecular flexibility index (Phi) is 4.72. The van der Waals surface area contributed by atoms with E-state index < -0.39 is 22.3 Å². The molecule has 0 radical (unpaired) electrons. The van der Waals surface area contributed by atoms with Crippen LogP contribution >= 0.6 is 0 Å². The topological polar surface area (TPSA) is 98.3 Å². The molecule has 0 bridgehead atoms. The summed E-state index contributed by atoms with van der Waals surface area (Å²) in [5, 5.41) is 13.5. The lowest BCUT2D eigenvalue weighted by Gasteiger charge is -2.10. The molecule has 6 nitrogen and oxygen atoms in total. The third kappa shape index (κ3) is 3.68. The van der Waals surface area contributed by atoms with Crippen molar-refractivity contribution in [3.05, 3.63) is 33.6 Å². The van der Waals surface area contributed by atoms with Gasteiger partial charge in [0.2, 0.25) is 0 Å². The molecular formula is C14H18FN3O3. The molecule has 3 N–H and O–H groups in total. The Hall–Kier alpha value is -2.18. The van der Waals surface area contributed by atoms with Crippen molar-refractivity contribution < 1.29 is 14.1 Å². The number of nitro groups is 1. The maximum atomic E-state index is 13.3. The number of halogens is 1. The number of nitrogens with one attached hydrogen (secondary N) is 1. The molecular weight excluding hydrogens is 277 g/mol. The fraction of sp³-hybridized carbons (Fsp3) is 0.500. The molecule has 0 unspecified atom stereocenters. The van der Waals surface area contributed by atoms with Crippen molar-refractivity contribution in [2.45, 2.75) is 32.1 Å². The summed E-state index contributed by atoms with van der Waals surface area (Å²) in [5.74, 6) is -0.880. The minimum absolute atomic E-state index is 0.203. The number of hydrogen-bond acceptors (Lipinski definition) is 4. The van der Waals surface area contributed by atoms with Crippen molar-refractivity contribution in [2.75, 3.05) is 12.3 Å². The quantitative estimate of drug-likeness (QED) is 0.495. The molecule has 1 aliphatic rings. The zero-order valence-corrected chi connectivity index (χ0v) is 11.6. The van der Waals surface area contributed by atoms with Gasteiger partial charge in [-0.25, -0.2) is 4.39 Å². The van der Waals surface area contributed by atoms with Crippen molar-refractivity contribution in [1.29, 1.82) is 0 Å². The van der Waals surface area contributed by atoms with E-state index >= 15 is 0 Å². The molecule has 7 heteroatoms. The van der Waals surface area contributed by atoms with E-state index in [1.54, 1.807) is 0 Å². The van der Waals surface area contributed by atoms with E-state index in [4.69, 9.17) is 5.73 Å². The van der Waals surface area contributed by atoms with Crippen LogP contribution in [-0.4, -0.2) is 17.4 Å². The summed E-state index contributed by atoms with van der Waals surface area (Å²) in [6.45, 7) is 0.456. The second-order valence-corrected chi connectivity index (χ2v) is 5.34. The number of nitrogens with two attached hydrogens (primary N) is 1. The molecule has 0 saturated heterocycles. The average molecular weight is 295 g/mol. The fourth-order valence-electron chi connectivity index (χ4n) is 2.70. The molecule has 1 amide bonds. The molecule has 1 aromatic carbocycles. The molecule has 21 heavy (non-hydrogen) atoms. The first-order valence-corrected chi connectivity index (χ1v) is 7.00. The summed E-state index contributed by atoms with van der Waals surface area (Å²) in [4.78, 5) is 22.1. The zero-order chi connectivity index (χ0) is 15.4. The molecule has 0 aliphatic heterocycles. The van der Waals surface area contributed by atoms with Gasteiger partial charge in [0.25, 0.3) is 11.6 Å². The minimum atomic E-state index is -0.899. The van der Waals surface area contributed by atoms with Gasteiger partial charge in [-0.1, -0.05) is 25.7 Å². The maximum Gasteiger partial charge on any atom is 0.285 e. The lowest BCUT2D eigenvalue weighted by Crippen LogP contribution is -2.26. The van der Waals surface area contributed by atoms with Gasteiger partial charge in [-0.3, -0.25) is 14.9 Å². The fourth-order valence-corrected chi connectivity index (χ4v) is 2.70. The SMILES string of the molecule is Nc1cc(C(=O)NCCC2CCCC2)c([N+](=O)[O-])cc1F. The van der Waals surface area contributed by atoms with E-state index in [2.05, 4.69) is 5.32 Å². The third-order valence-corrected chi connectivity index (χ3v) is 3.87. The van der Waals surface area contributed by atoms with E-state index in [0.717, 1.165) is 12.5 Å². The lowest BCUT2D eigenvalue weighted by molar-refractivity contribution is -0.385. The normalized spacial score (nSPS) is 15.1. The molecule has 114 valence electrons. The Morgan fingerprint density at radius 2 is 2.10 bits per heavy atom. The van der Waals surface area contributed by atoms with Crippen molar-refractivity contribution in [2.24, 2.45) is 5.92 Å². The van der Waals surface area contributed by atoms with E-state index in [0.29, 0.717) is 18.5 Å². The molecule has 0 spiro atoms. The van der Waals surface area contributed by atoms with E-state index in [-0.39, 0.29) is 11.3 Å². The van der Waals surface area contributed by atoms with Crippen molar-refractivity contribution in [3.8, 4) is 0 Å². The third-order valence-electron chi connectivity index (χ3n) is 3.87. The number of nitro benzene ring substituents is 1. The Bertz CT molecular complexity index is 557. The Morgan fingerprint density at radius 3 is 2.71 bits per heavy atom. The van der Waals surface area contributed by atoms with Crippen molar-refractivity contribution in [3.63, 3.8) is 0 Å². The van der Waals surface area contributed by atoms with Gasteiger partial charge in [0.1, 0.15) is 5.56 Å². The van der Waals surface area contributed by atoms with Gasteiger partial charge in [-0.2, -0.15) is 0 Å². The van der Waals surface area contributed by atoms with Gasteiger partial charge in [0.05, 0.1) is 16.7 Å². The standard InChI is InChI=1S/C14H18FN3O3/c15-11-8-13(18(20)21)10(7-12(11)16)14(19)17-6-5-9-3-1-2-4-9/h7-9H,1-6,16H2,(H,17,19). The van der Waals surface area contributed by atoms with Crippen molar-refractivity contribution >= 4 is 17.3 Å². The number of nitrogen functional groups attached to an aromatic ring is 1. The summed E-state index contributed by atoms with van der Waals surface area (Å²) in [7, 11) is 0. The number of benzene rings is 1. The van der Waals surface area contributed by atoms with Gasteiger partial charge >= 0.3 is 0 Å². The highest BCUT2D eigenvalue weighted by Crippen LogP contribution is 2.27. The van der Waals surface area contributed by atoms with Gasteiger partial charge in [0.15, 0.2) is 5.82 Å². The van der Waals surface area contributed by atoms with E-state index in [9.17, 15) is 19.3 Å². The predicted octanol–water partition coefficient (Wildman–Crippen LogP) is 2.63. The second kappa shape index (κ2) is 6.51. The summed E-state index contributed by atoms with van der Waals surface area (Å²) >= 11 is 0. The molecule has 2 rings (SSSR count). The van der Waals surface area contributed by atoms with Crippen LogP contribution in [0.1, 0.15) is 42.5 Å². The summed E-state index contributed by atoms with van der Waals surface area (Å²) in [5.41, 5.74) is 4.33. The lowest BCUT2D eigenvalue weighted by atomic mass is 10.0. The highest BCUT2D eigenvalue weighted by molar-refractivity contribution is 5.99. The predicted molar refractivity (Wildman–Crippen MR) is 76.4 cm³/mol. The average Bonchev–Trinajstić information content (AvgIpc) is 2.94. The number of anilines is 1. The van der Waals surface area contributed by atoms with Crippen LogP contribution in [0.25, 0.3) is 0 Å². The smallest absolute Gasteiger partial charge is 0.285 e. The van der Waals surface area contributed by atoms with Crippen LogP contribution in [0.4, 0.5) is 15.8 Å². The minimum Gasteiger partial charge on any atom is -0.396 e. The van der Waals surface area contributed by atoms with Gasteiger partial charge < -0.3 is 11.1 Å². The van der Waals surface area contributed by atoms with Crippen LogP contribution in [0.5, 0.6) is 0 Å². The molecule has 1 aliphatic carbocycles. The van der Waals surface area contributed by atoms with Crippen LogP contribution in [0, 0.1) is 21.8 Å². The largest absolute Gasteiger partial charge is 0.396 e. The van der Waals surface area contributed by atoms with Gasteiger partial charge in [-0.15, -0.1) is 0 Å². The van der Waals surface area contributed by atoms with Crippen molar-refractivity contribution in [1.82, 2.24) is 5.32 Å². The molecule has 1 aromatic rings. The maximum absolute atomic E-state index is 13.3.